The third-order valence-corrected chi connectivity index (χ3v) is 3.86. The second-order valence-corrected chi connectivity index (χ2v) is 5.39. The molecule has 3 heterocycles. The van der Waals surface area contributed by atoms with Crippen LogP contribution in [0.25, 0.3) is 33.5 Å². The van der Waals surface area contributed by atoms with Gasteiger partial charge in [-0.25, -0.2) is 9.37 Å². The molecular weight excluding hydrogens is 335 g/mol. The van der Waals surface area contributed by atoms with Gasteiger partial charge in [-0.05, 0) is 24.3 Å². The molecule has 0 saturated heterocycles. The maximum atomic E-state index is 13.2. The van der Waals surface area contributed by atoms with E-state index < -0.39 is 5.82 Å². The number of nitrogens with zero attached hydrogens (tertiary/aromatic N) is 3. The first-order valence-corrected chi connectivity index (χ1v) is 7.26. The van der Waals surface area contributed by atoms with Crippen molar-refractivity contribution in [3.05, 3.63) is 64.2 Å². The lowest BCUT2D eigenvalue weighted by Crippen LogP contribution is -2.08. The van der Waals surface area contributed by atoms with Crippen LogP contribution in [-0.4, -0.2) is 20.1 Å². The summed E-state index contributed by atoms with van der Waals surface area (Å²) >= 11 is 6.09. The lowest BCUT2D eigenvalue weighted by atomic mass is 10.1. The minimum absolute atomic E-state index is 0.191. The van der Waals surface area contributed by atoms with Crippen LogP contribution >= 0.6 is 11.6 Å². The van der Waals surface area contributed by atoms with Gasteiger partial charge in [-0.3, -0.25) is 9.78 Å². The van der Waals surface area contributed by atoms with E-state index in [1.165, 1.54) is 36.9 Å². The minimum atomic E-state index is -0.452. The first-order chi connectivity index (χ1) is 11.6. The van der Waals surface area contributed by atoms with Crippen molar-refractivity contribution in [3.63, 3.8) is 0 Å². The predicted molar refractivity (Wildman–Crippen MR) is 86.1 cm³/mol. The number of benzene rings is 1. The van der Waals surface area contributed by atoms with Crippen LogP contribution in [0.3, 0.4) is 0 Å². The summed E-state index contributed by atoms with van der Waals surface area (Å²) in [7, 11) is 0. The van der Waals surface area contributed by atoms with Crippen LogP contribution in [0.5, 0.6) is 0 Å². The standard InChI is InChI=1S/C16H8ClFN4O2/c17-12-5-8(18)1-2-10(12)13-14-15(24-22-13)9(3-4-20-14)11-6-19-7-21-16(11)23/h1-7H,(H,19,21,23). The molecular formula is C16H8ClFN4O2. The van der Waals surface area contributed by atoms with Gasteiger partial charge in [-0.1, -0.05) is 16.8 Å². The molecule has 0 aliphatic rings. The summed E-state index contributed by atoms with van der Waals surface area (Å²) in [5.74, 6) is -0.452. The van der Waals surface area contributed by atoms with Gasteiger partial charge in [0.05, 0.1) is 16.9 Å². The van der Waals surface area contributed by atoms with Crippen molar-refractivity contribution in [2.45, 2.75) is 0 Å². The highest BCUT2D eigenvalue weighted by molar-refractivity contribution is 6.33. The molecule has 1 N–H and O–H groups in total. The van der Waals surface area contributed by atoms with Crippen molar-refractivity contribution in [1.29, 1.82) is 0 Å². The van der Waals surface area contributed by atoms with Crippen LogP contribution in [0.4, 0.5) is 4.39 Å². The van der Waals surface area contributed by atoms with Crippen LogP contribution in [0.2, 0.25) is 5.02 Å². The second kappa shape index (κ2) is 5.54. The summed E-state index contributed by atoms with van der Waals surface area (Å²) < 4.78 is 18.6. The Morgan fingerprint density at radius 1 is 1.17 bits per heavy atom. The van der Waals surface area contributed by atoms with Gasteiger partial charge in [0.1, 0.15) is 17.0 Å². The van der Waals surface area contributed by atoms with Crippen LogP contribution in [0.15, 0.2) is 52.3 Å². The molecule has 0 unspecified atom stereocenters. The Bertz CT molecular complexity index is 1120. The highest BCUT2D eigenvalue weighted by atomic mass is 35.5. The normalized spacial score (nSPS) is 11.1. The first kappa shape index (κ1) is 14.5. The molecule has 118 valence electrons. The van der Waals surface area contributed by atoms with Crippen molar-refractivity contribution < 1.29 is 8.91 Å². The van der Waals surface area contributed by atoms with Crippen molar-refractivity contribution in [1.82, 2.24) is 20.1 Å². The topological polar surface area (TPSA) is 84.7 Å². The third-order valence-electron chi connectivity index (χ3n) is 3.55. The van der Waals surface area contributed by atoms with Crippen molar-refractivity contribution >= 4 is 22.7 Å². The van der Waals surface area contributed by atoms with E-state index in [9.17, 15) is 9.18 Å². The highest BCUT2D eigenvalue weighted by Gasteiger charge is 2.19. The van der Waals surface area contributed by atoms with Crippen LogP contribution in [0.1, 0.15) is 0 Å². The Balaban J connectivity index is 1.98. The van der Waals surface area contributed by atoms with Crippen molar-refractivity contribution in [2.24, 2.45) is 0 Å². The lowest BCUT2D eigenvalue weighted by Gasteiger charge is -2.01. The van der Waals surface area contributed by atoms with Gasteiger partial charge < -0.3 is 9.51 Å². The summed E-state index contributed by atoms with van der Waals surface area (Å²) in [5, 5.41) is 4.19. The summed E-state index contributed by atoms with van der Waals surface area (Å²) in [6.45, 7) is 0. The fourth-order valence-electron chi connectivity index (χ4n) is 2.45. The molecule has 1 aromatic carbocycles. The second-order valence-electron chi connectivity index (χ2n) is 4.99. The Morgan fingerprint density at radius 2 is 2.04 bits per heavy atom. The number of aromatic amines is 1. The molecule has 0 amide bonds. The van der Waals surface area contributed by atoms with Crippen molar-refractivity contribution in [2.75, 3.05) is 0 Å². The minimum Gasteiger partial charge on any atom is -0.353 e. The Hall–Kier alpha value is -3.06. The predicted octanol–water partition coefficient (Wildman–Crippen LogP) is 3.43. The zero-order chi connectivity index (χ0) is 16.7. The molecule has 24 heavy (non-hydrogen) atoms. The summed E-state index contributed by atoms with van der Waals surface area (Å²) in [4.78, 5) is 22.7. The Morgan fingerprint density at radius 3 is 2.83 bits per heavy atom. The summed E-state index contributed by atoms with van der Waals surface area (Å²) in [6.07, 6.45) is 4.26. The number of pyridine rings is 1. The van der Waals surface area contributed by atoms with Crippen LogP contribution in [0, 0.1) is 5.82 Å². The first-order valence-electron chi connectivity index (χ1n) is 6.88. The maximum Gasteiger partial charge on any atom is 0.258 e. The van der Waals surface area contributed by atoms with Gasteiger partial charge in [-0.2, -0.15) is 0 Å². The van der Waals surface area contributed by atoms with Gasteiger partial charge in [0, 0.05) is 23.5 Å². The van der Waals surface area contributed by atoms with Gasteiger partial charge in [0.2, 0.25) is 0 Å². The van der Waals surface area contributed by atoms with E-state index in [4.69, 9.17) is 16.1 Å². The van der Waals surface area contributed by atoms with E-state index in [-0.39, 0.29) is 10.6 Å². The molecule has 6 nitrogen and oxygen atoms in total. The van der Waals surface area contributed by atoms with Gasteiger partial charge in [0.15, 0.2) is 5.58 Å². The van der Waals surface area contributed by atoms with Gasteiger partial charge in [0.25, 0.3) is 5.56 Å². The molecule has 8 heteroatoms. The average Bonchev–Trinajstić information content (AvgIpc) is 2.99. The number of H-pyrrole nitrogens is 1. The number of hydrogen-bond donors (Lipinski definition) is 1. The number of halogens is 2. The number of hydrogen-bond acceptors (Lipinski definition) is 5. The zero-order valence-electron chi connectivity index (χ0n) is 12.0. The Labute approximate surface area is 138 Å². The number of nitrogens with one attached hydrogen (secondary N) is 1. The van der Waals surface area contributed by atoms with E-state index >= 15 is 0 Å². The quantitative estimate of drug-likeness (QED) is 0.603. The maximum absolute atomic E-state index is 13.2. The largest absolute Gasteiger partial charge is 0.353 e. The van der Waals surface area contributed by atoms with Gasteiger partial charge >= 0.3 is 0 Å². The van der Waals surface area contributed by atoms with Crippen LogP contribution < -0.4 is 5.56 Å². The molecule has 0 saturated carbocycles. The molecule has 0 atom stereocenters. The molecule has 0 bridgehead atoms. The van der Waals surface area contributed by atoms with E-state index in [0.717, 1.165) is 0 Å². The SMILES string of the molecule is O=c1[nH]cncc1-c1ccnc2c(-c3ccc(F)cc3Cl)noc12. The summed E-state index contributed by atoms with van der Waals surface area (Å²) in [6, 6.07) is 5.60. The molecule has 0 aliphatic heterocycles. The highest BCUT2D eigenvalue weighted by Crippen LogP contribution is 2.35. The average molecular weight is 343 g/mol. The van der Waals surface area contributed by atoms with E-state index in [0.29, 0.717) is 33.5 Å². The molecule has 3 aromatic heterocycles. The lowest BCUT2D eigenvalue weighted by molar-refractivity contribution is 0.460. The zero-order valence-corrected chi connectivity index (χ0v) is 12.7. The van der Waals surface area contributed by atoms with E-state index in [2.05, 4.69) is 20.1 Å². The number of rotatable bonds is 2. The fraction of sp³-hybridized carbons (Fsp3) is 0. The number of fused-ring (bicyclic) bond motifs is 1. The fourth-order valence-corrected chi connectivity index (χ4v) is 2.71. The van der Waals surface area contributed by atoms with Crippen LogP contribution in [-0.2, 0) is 0 Å². The summed E-state index contributed by atoms with van der Waals surface area (Å²) in [5.41, 5.74) is 2.13. The molecule has 4 rings (SSSR count). The molecule has 0 radical (unpaired) electrons. The van der Waals surface area contributed by atoms with E-state index in [1.807, 2.05) is 0 Å². The molecule has 0 aliphatic carbocycles. The number of aromatic nitrogens is 4. The molecule has 0 fully saturated rings. The van der Waals surface area contributed by atoms with E-state index in [1.54, 1.807) is 6.07 Å². The molecule has 0 spiro atoms. The van der Waals surface area contributed by atoms with Gasteiger partial charge in [-0.15, -0.1) is 0 Å². The molecule has 4 aromatic rings. The third kappa shape index (κ3) is 2.26. The Kier molecular flexibility index (Phi) is 3.35. The van der Waals surface area contributed by atoms with Crippen molar-refractivity contribution in [3.8, 4) is 22.4 Å². The monoisotopic (exact) mass is 342 g/mol. The smallest absolute Gasteiger partial charge is 0.258 e.